The van der Waals surface area contributed by atoms with Crippen molar-refractivity contribution in [1.29, 1.82) is 0 Å². The number of hydrogen-bond acceptors (Lipinski definition) is 3. The molecule has 0 aromatic heterocycles. The molecule has 1 aliphatic rings. The Morgan fingerprint density at radius 2 is 1.90 bits per heavy atom. The Labute approximate surface area is 121 Å². The van der Waals surface area contributed by atoms with Gasteiger partial charge in [-0.3, -0.25) is 0 Å². The first-order valence-electron chi connectivity index (χ1n) is 7.09. The zero-order chi connectivity index (χ0) is 14.8. The molecule has 0 radical (unpaired) electrons. The van der Waals surface area contributed by atoms with Gasteiger partial charge in [-0.1, -0.05) is 44.2 Å². The van der Waals surface area contributed by atoms with Crippen LogP contribution in [-0.4, -0.2) is 25.8 Å². The molecule has 1 aromatic rings. The number of aliphatic hydroxyl groups is 1. The molecule has 2 N–H and O–H groups in total. The highest BCUT2D eigenvalue weighted by atomic mass is 32.2. The minimum absolute atomic E-state index is 0.0523. The summed E-state index contributed by atoms with van der Waals surface area (Å²) >= 11 is 0. The summed E-state index contributed by atoms with van der Waals surface area (Å²) in [5, 5.41) is 10.9. The first-order valence-corrected chi connectivity index (χ1v) is 8.74. The van der Waals surface area contributed by atoms with Crippen LogP contribution in [-0.2, 0) is 15.6 Å². The van der Waals surface area contributed by atoms with Gasteiger partial charge in [0.2, 0.25) is 10.0 Å². The predicted molar refractivity (Wildman–Crippen MR) is 79.7 cm³/mol. The molecule has 2 rings (SSSR count). The number of nitrogens with one attached hydrogen (secondary N) is 1. The summed E-state index contributed by atoms with van der Waals surface area (Å²) in [6, 6.07) is 9.33. The second kappa shape index (κ2) is 5.84. The van der Waals surface area contributed by atoms with Crippen molar-refractivity contribution in [2.45, 2.75) is 32.3 Å². The standard InChI is InChI=1S/C15H23NO3S/c1-12(2)10-20(18,19)16-11-15(17,14-8-9-14)13-6-4-3-5-7-13/h3-7,12,14,16-17H,8-11H2,1-2H3. The van der Waals surface area contributed by atoms with Crippen molar-refractivity contribution in [2.75, 3.05) is 12.3 Å². The summed E-state index contributed by atoms with van der Waals surface area (Å²) in [5.74, 6) is 0.299. The maximum atomic E-state index is 11.9. The van der Waals surface area contributed by atoms with Crippen LogP contribution in [0.4, 0.5) is 0 Å². The van der Waals surface area contributed by atoms with Crippen LogP contribution >= 0.6 is 0 Å². The van der Waals surface area contributed by atoms with E-state index in [4.69, 9.17) is 0 Å². The average molecular weight is 297 g/mol. The van der Waals surface area contributed by atoms with E-state index in [2.05, 4.69) is 4.72 Å². The van der Waals surface area contributed by atoms with Crippen molar-refractivity contribution < 1.29 is 13.5 Å². The van der Waals surface area contributed by atoms with E-state index in [1.807, 2.05) is 44.2 Å². The summed E-state index contributed by atoms with van der Waals surface area (Å²) < 4.78 is 26.5. The summed E-state index contributed by atoms with van der Waals surface area (Å²) in [4.78, 5) is 0. The topological polar surface area (TPSA) is 66.4 Å². The summed E-state index contributed by atoms with van der Waals surface area (Å²) in [6.07, 6.45) is 1.88. The summed E-state index contributed by atoms with van der Waals surface area (Å²) in [5.41, 5.74) is -0.305. The van der Waals surface area contributed by atoms with Gasteiger partial charge in [0.25, 0.3) is 0 Å². The maximum Gasteiger partial charge on any atom is 0.211 e. The van der Waals surface area contributed by atoms with Crippen molar-refractivity contribution in [3.63, 3.8) is 0 Å². The molecule has 5 heteroatoms. The van der Waals surface area contributed by atoms with Crippen LogP contribution < -0.4 is 4.72 Å². The molecule has 1 aliphatic carbocycles. The van der Waals surface area contributed by atoms with Crippen LogP contribution in [0.25, 0.3) is 0 Å². The van der Waals surface area contributed by atoms with E-state index in [0.717, 1.165) is 18.4 Å². The van der Waals surface area contributed by atoms with Crippen LogP contribution in [0, 0.1) is 11.8 Å². The third-order valence-corrected chi connectivity index (χ3v) is 5.33. The summed E-state index contributed by atoms with van der Waals surface area (Å²) in [7, 11) is -3.34. The lowest BCUT2D eigenvalue weighted by Gasteiger charge is -2.29. The minimum atomic E-state index is -3.34. The second-order valence-corrected chi connectivity index (χ2v) is 7.91. The summed E-state index contributed by atoms with van der Waals surface area (Å²) in [6.45, 7) is 3.78. The Bertz CT molecular complexity index is 537. The Morgan fingerprint density at radius 3 is 2.40 bits per heavy atom. The van der Waals surface area contributed by atoms with Gasteiger partial charge in [-0.15, -0.1) is 0 Å². The monoisotopic (exact) mass is 297 g/mol. The van der Waals surface area contributed by atoms with Gasteiger partial charge < -0.3 is 5.11 Å². The van der Waals surface area contributed by atoms with Gasteiger partial charge in [0.15, 0.2) is 0 Å². The van der Waals surface area contributed by atoms with Crippen molar-refractivity contribution in [3.05, 3.63) is 35.9 Å². The first kappa shape index (κ1) is 15.5. The lowest BCUT2D eigenvalue weighted by atomic mass is 9.89. The molecule has 0 amide bonds. The highest BCUT2D eigenvalue weighted by molar-refractivity contribution is 7.89. The third-order valence-electron chi connectivity index (χ3n) is 3.64. The lowest BCUT2D eigenvalue weighted by Crippen LogP contribution is -2.43. The number of hydrogen-bond donors (Lipinski definition) is 2. The molecule has 0 saturated heterocycles. The highest BCUT2D eigenvalue weighted by Gasteiger charge is 2.45. The van der Waals surface area contributed by atoms with Crippen molar-refractivity contribution in [1.82, 2.24) is 4.72 Å². The average Bonchev–Trinajstić information content (AvgIpc) is 3.20. The van der Waals surface area contributed by atoms with E-state index >= 15 is 0 Å². The molecule has 1 saturated carbocycles. The largest absolute Gasteiger partial charge is 0.383 e. The molecule has 1 atom stereocenters. The van der Waals surface area contributed by atoms with E-state index in [0.29, 0.717) is 0 Å². The molecule has 20 heavy (non-hydrogen) atoms. The number of sulfonamides is 1. The highest BCUT2D eigenvalue weighted by Crippen LogP contribution is 2.45. The fraction of sp³-hybridized carbons (Fsp3) is 0.600. The Balaban J connectivity index is 2.11. The van der Waals surface area contributed by atoms with Crippen LogP contribution in [0.15, 0.2) is 30.3 Å². The maximum absolute atomic E-state index is 11.9. The molecular formula is C15H23NO3S. The van der Waals surface area contributed by atoms with Gasteiger partial charge in [0.1, 0.15) is 5.60 Å². The Morgan fingerprint density at radius 1 is 1.30 bits per heavy atom. The normalized spacial score (nSPS) is 19.0. The van der Waals surface area contributed by atoms with Gasteiger partial charge in [0.05, 0.1) is 5.75 Å². The zero-order valence-corrected chi connectivity index (χ0v) is 12.9. The van der Waals surface area contributed by atoms with E-state index in [1.54, 1.807) is 0 Å². The molecule has 0 spiro atoms. The van der Waals surface area contributed by atoms with Gasteiger partial charge in [-0.25, -0.2) is 13.1 Å². The molecule has 112 valence electrons. The number of benzene rings is 1. The van der Waals surface area contributed by atoms with Gasteiger partial charge >= 0.3 is 0 Å². The Kier molecular flexibility index (Phi) is 4.52. The Hall–Kier alpha value is -0.910. The fourth-order valence-corrected chi connectivity index (χ4v) is 3.92. The van der Waals surface area contributed by atoms with Crippen LogP contribution in [0.2, 0.25) is 0 Å². The molecular weight excluding hydrogens is 274 g/mol. The smallest absolute Gasteiger partial charge is 0.211 e. The van der Waals surface area contributed by atoms with Gasteiger partial charge in [-0.2, -0.15) is 0 Å². The molecule has 1 unspecified atom stereocenters. The van der Waals surface area contributed by atoms with Crippen LogP contribution in [0.1, 0.15) is 32.3 Å². The third kappa shape index (κ3) is 3.81. The predicted octanol–water partition coefficient (Wildman–Crippen LogP) is 1.86. The van der Waals surface area contributed by atoms with E-state index in [-0.39, 0.29) is 24.1 Å². The molecule has 0 aliphatic heterocycles. The zero-order valence-electron chi connectivity index (χ0n) is 12.0. The van der Waals surface area contributed by atoms with E-state index in [9.17, 15) is 13.5 Å². The lowest BCUT2D eigenvalue weighted by molar-refractivity contribution is 0.0185. The fourth-order valence-electron chi connectivity index (χ4n) is 2.49. The molecule has 0 bridgehead atoms. The number of rotatable bonds is 7. The van der Waals surface area contributed by atoms with Crippen molar-refractivity contribution in [3.8, 4) is 0 Å². The first-order chi connectivity index (χ1) is 9.33. The van der Waals surface area contributed by atoms with Crippen LogP contribution in [0.5, 0.6) is 0 Å². The SMILES string of the molecule is CC(C)CS(=O)(=O)NCC(O)(c1ccccc1)C1CC1. The van der Waals surface area contributed by atoms with Crippen LogP contribution in [0.3, 0.4) is 0 Å². The van der Waals surface area contributed by atoms with E-state index < -0.39 is 15.6 Å². The molecule has 1 fully saturated rings. The molecule has 4 nitrogen and oxygen atoms in total. The quantitative estimate of drug-likeness (QED) is 0.807. The van der Waals surface area contributed by atoms with Gasteiger partial charge in [0, 0.05) is 6.54 Å². The van der Waals surface area contributed by atoms with Crippen molar-refractivity contribution in [2.24, 2.45) is 11.8 Å². The van der Waals surface area contributed by atoms with Crippen molar-refractivity contribution >= 4 is 10.0 Å². The molecule has 1 aromatic carbocycles. The van der Waals surface area contributed by atoms with Gasteiger partial charge in [-0.05, 0) is 30.2 Å². The molecule has 0 heterocycles. The van der Waals surface area contributed by atoms with E-state index in [1.165, 1.54) is 0 Å². The second-order valence-electron chi connectivity index (χ2n) is 6.06. The minimum Gasteiger partial charge on any atom is -0.383 e.